The lowest BCUT2D eigenvalue weighted by atomic mass is 9.79. The second kappa shape index (κ2) is 25.8. The van der Waals surface area contributed by atoms with Gasteiger partial charge in [0.2, 0.25) is 5.91 Å². The molecule has 0 radical (unpaired) electrons. The SMILES string of the molecule is CCC[C@H](C)C(=O)N[C@@H]1C(OC(C)=O)[C@H](NC(=O)OC(C)(C)C)C(O[C@H]2OC(CNC(=O)OC(C)(C)C)CCC2C)C(O)[C@H]1O[C@H]1OC(COC(c2ccccc2)(c2ccccc2)c2ccccc2)[C@@H](O)[C@H](C)C1C. The van der Waals surface area contributed by atoms with Crippen LogP contribution in [0.5, 0.6) is 0 Å². The Morgan fingerprint density at radius 1 is 0.667 bits per heavy atom. The van der Waals surface area contributed by atoms with Gasteiger partial charge >= 0.3 is 18.2 Å². The third kappa shape index (κ3) is 15.3. The molecule has 75 heavy (non-hydrogen) atoms. The summed E-state index contributed by atoms with van der Waals surface area (Å²) < 4.78 is 51.5. The quantitative estimate of drug-likeness (QED) is 0.0465. The number of carbonyl (C=O) groups excluding carboxylic acids is 4. The number of benzene rings is 3. The van der Waals surface area contributed by atoms with E-state index in [-0.39, 0.29) is 19.1 Å². The van der Waals surface area contributed by atoms with Gasteiger partial charge in [-0.25, -0.2) is 9.59 Å². The van der Waals surface area contributed by atoms with E-state index in [2.05, 4.69) is 16.0 Å². The maximum atomic E-state index is 14.2. The molecular weight excluding hydrogens is 963 g/mol. The summed E-state index contributed by atoms with van der Waals surface area (Å²) in [5, 5.41) is 33.7. The van der Waals surface area contributed by atoms with E-state index >= 15 is 0 Å². The molecule has 6 rings (SSSR count). The molecule has 3 aliphatic rings. The number of aliphatic hydroxyl groups excluding tert-OH is 2. The molecule has 2 heterocycles. The van der Waals surface area contributed by atoms with Gasteiger partial charge in [0.05, 0.1) is 24.9 Å². The minimum atomic E-state index is -1.69. The van der Waals surface area contributed by atoms with Crippen LogP contribution in [0.15, 0.2) is 91.0 Å². The monoisotopic (exact) mass is 1050 g/mol. The molecule has 414 valence electrons. The first-order chi connectivity index (χ1) is 35.4. The van der Waals surface area contributed by atoms with Crippen molar-refractivity contribution in [3.8, 4) is 0 Å². The van der Waals surface area contributed by atoms with Gasteiger partial charge in [-0.2, -0.15) is 0 Å². The average Bonchev–Trinajstić information content (AvgIpc) is 3.35. The molecular formula is C58H83N3O14. The molecule has 0 bridgehead atoms. The number of nitrogens with one attached hydrogen (secondary N) is 3. The van der Waals surface area contributed by atoms with Crippen LogP contribution in [0.3, 0.4) is 0 Å². The van der Waals surface area contributed by atoms with Gasteiger partial charge < -0.3 is 64.1 Å². The fraction of sp³-hybridized carbons (Fsp3) is 0.621. The van der Waals surface area contributed by atoms with Gasteiger partial charge in [-0.1, -0.05) is 132 Å². The van der Waals surface area contributed by atoms with Crippen LogP contribution < -0.4 is 16.0 Å². The number of carbonyl (C=O) groups is 4. The molecule has 5 N–H and O–H groups in total. The van der Waals surface area contributed by atoms with E-state index in [1.165, 1.54) is 6.92 Å². The van der Waals surface area contributed by atoms with Crippen molar-refractivity contribution in [3.05, 3.63) is 108 Å². The molecule has 17 heteroatoms. The molecule has 0 spiro atoms. The minimum absolute atomic E-state index is 0.0924. The highest BCUT2D eigenvalue weighted by atomic mass is 16.7. The van der Waals surface area contributed by atoms with E-state index in [0.29, 0.717) is 25.7 Å². The van der Waals surface area contributed by atoms with Gasteiger partial charge in [-0.3, -0.25) is 9.59 Å². The number of ether oxygens (including phenoxy) is 8. The van der Waals surface area contributed by atoms with E-state index in [9.17, 15) is 29.4 Å². The molecule has 1 aliphatic carbocycles. The van der Waals surface area contributed by atoms with Crippen LogP contribution in [0, 0.1) is 23.7 Å². The van der Waals surface area contributed by atoms with Gasteiger partial charge in [-0.15, -0.1) is 0 Å². The predicted octanol–water partition coefficient (Wildman–Crippen LogP) is 7.91. The number of rotatable bonds is 18. The Balaban J connectivity index is 1.39. The molecule has 3 aromatic carbocycles. The topological polar surface area (TPSA) is 219 Å². The van der Waals surface area contributed by atoms with E-state index < -0.39 is 126 Å². The molecule has 1 saturated carbocycles. The largest absolute Gasteiger partial charge is 0.458 e. The number of esters is 1. The standard InChI is InChI=1S/C58H83N3O14/c1-13-23-34(2)51(65)60-44-48(69-38(6)62)45(61-55(67)75-57(10,11)12)50(72-52-35(3)30-31-42(70-52)32-59-54(66)74-56(7,8)9)47(64)49(44)73-53-37(5)36(4)46(63)43(71-53)33-68-58(39-24-17-14-18-25-39,40-26-19-15-20-27-40)41-28-21-16-22-29-41/h14-22,24-29,34-37,42-50,52-53,63-64H,13,23,30-33H2,1-12H3,(H,59,66)(H,60,65)(H,61,67)/t34-,35?,36+,37?,42?,43?,44+,45-,46-,47?,48?,49-,50?,52+,53+/m0/s1. The normalized spacial score (nSPS) is 29.8. The highest BCUT2D eigenvalue weighted by molar-refractivity contribution is 5.79. The molecule has 0 aromatic heterocycles. The van der Waals surface area contributed by atoms with Crippen LogP contribution in [0.4, 0.5) is 9.59 Å². The van der Waals surface area contributed by atoms with Crippen molar-refractivity contribution >= 4 is 24.1 Å². The van der Waals surface area contributed by atoms with Crippen LogP contribution >= 0.6 is 0 Å². The molecule has 7 unspecified atom stereocenters. The zero-order valence-corrected chi connectivity index (χ0v) is 45.9. The highest BCUT2D eigenvalue weighted by Crippen LogP contribution is 2.43. The number of alkyl carbamates (subject to hydrolysis) is 2. The van der Waals surface area contributed by atoms with Gasteiger partial charge in [0, 0.05) is 31.2 Å². The highest BCUT2D eigenvalue weighted by Gasteiger charge is 2.58. The fourth-order valence-corrected chi connectivity index (χ4v) is 10.2. The van der Waals surface area contributed by atoms with Crippen molar-refractivity contribution in [3.63, 3.8) is 0 Å². The van der Waals surface area contributed by atoms with Crippen molar-refractivity contribution in [1.82, 2.24) is 16.0 Å². The second-order valence-electron chi connectivity index (χ2n) is 22.6. The fourth-order valence-electron chi connectivity index (χ4n) is 10.2. The van der Waals surface area contributed by atoms with Gasteiger partial charge in [0.1, 0.15) is 53.4 Å². The molecule has 3 aromatic rings. The Labute approximate surface area is 443 Å². The Morgan fingerprint density at radius 3 is 1.68 bits per heavy atom. The van der Waals surface area contributed by atoms with Gasteiger partial charge in [0.15, 0.2) is 12.6 Å². The van der Waals surface area contributed by atoms with Crippen molar-refractivity contribution in [2.75, 3.05) is 13.2 Å². The first-order valence-corrected chi connectivity index (χ1v) is 26.6. The smallest absolute Gasteiger partial charge is 0.408 e. The van der Waals surface area contributed by atoms with E-state index in [1.54, 1.807) is 48.5 Å². The average molecular weight is 1050 g/mol. The van der Waals surface area contributed by atoms with Crippen LogP contribution in [0.1, 0.15) is 125 Å². The molecule has 3 fully saturated rings. The van der Waals surface area contributed by atoms with Crippen LogP contribution in [-0.2, 0) is 53.1 Å². The molecule has 3 amide bonds. The predicted molar refractivity (Wildman–Crippen MR) is 280 cm³/mol. The number of hydrogen-bond acceptors (Lipinski definition) is 14. The third-order valence-electron chi connectivity index (χ3n) is 14.2. The summed E-state index contributed by atoms with van der Waals surface area (Å²) in [6, 6.07) is 26.8. The van der Waals surface area contributed by atoms with Gasteiger partial charge in [0.25, 0.3) is 0 Å². The summed E-state index contributed by atoms with van der Waals surface area (Å²) >= 11 is 0. The summed E-state index contributed by atoms with van der Waals surface area (Å²) in [5.41, 5.74) is -0.292. The van der Waals surface area contributed by atoms with Crippen LogP contribution in [0.25, 0.3) is 0 Å². The van der Waals surface area contributed by atoms with Crippen LogP contribution in [0.2, 0.25) is 0 Å². The lowest BCUT2D eigenvalue weighted by Crippen LogP contribution is -2.75. The first-order valence-electron chi connectivity index (χ1n) is 26.6. The summed E-state index contributed by atoms with van der Waals surface area (Å²) in [7, 11) is 0. The maximum Gasteiger partial charge on any atom is 0.408 e. The summed E-state index contributed by atoms with van der Waals surface area (Å²) in [5.74, 6) is -2.93. The van der Waals surface area contributed by atoms with Gasteiger partial charge in [-0.05, 0) is 83.4 Å². The Bertz CT molecular complexity index is 2200. The molecule has 2 aliphatic heterocycles. The summed E-state index contributed by atoms with van der Waals surface area (Å²) in [4.78, 5) is 54.1. The summed E-state index contributed by atoms with van der Waals surface area (Å²) in [6.07, 6.45) is -9.91. The lowest BCUT2D eigenvalue weighted by Gasteiger charge is -2.52. The Morgan fingerprint density at radius 2 is 1.17 bits per heavy atom. The zero-order chi connectivity index (χ0) is 54.8. The molecule has 17 nitrogen and oxygen atoms in total. The lowest BCUT2D eigenvalue weighted by molar-refractivity contribution is -0.321. The van der Waals surface area contributed by atoms with Crippen molar-refractivity contribution in [1.29, 1.82) is 0 Å². The minimum Gasteiger partial charge on any atom is -0.458 e. The van der Waals surface area contributed by atoms with Crippen molar-refractivity contribution in [2.24, 2.45) is 23.7 Å². The molecule has 2 saturated heterocycles. The van der Waals surface area contributed by atoms with E-state index in [0.717, 1.165) is 16.7 Å². The zero-order valence-electron chi connectivity index (χ0n) is 45.9. The number of aliphatic hydroxyl groups is 2. The number of amides is 3. The van der Waals surface area contributed by atoms with Crippen LogP contribution in [-0.4, -0.2) is 126 Å². The maximum absolute atomic E-state index is 14.2. The van der Waals surface area contributed by atoms with Crippen molar-refractivity contribution < 1.29 is 67.3 Å². The van der Waals surface area contributed by atoms with E-state index in [4.69, 9.17) is 37.9 Å². The van der Waals surface area contributed by atoms with E-state index in [1.807, 2.05) is 119 Å². The Hall–Kier alpha value is -5.14. The Kier molecular flexibility index (Phi) is 20.3. The van der Waals surface area contributed by atoms with Crippen molar-refractivity contribution in [2.45, 2.75) is 193 Å². The summed E-state index contributed by atoms with van der Waals surface area (Å²) in [6.45, 7) is 20.9. The first kappa shape index (κ1) is 59.1. The second-order valence-corrected chi connectivity index (χ2v) is 22.6. The number of hydrogen-bond donors (Lipinski definition) is 5. The molecule has 15 atom stereocenters. The third-order valence-corrected chi connectivity index (χ3v) is 14.2.